The zero-order chi connectivity index (χ0) is 18.3. The van der Waals surface area contributed by atoms with Gasteiger partial charge in [0, 0.05) is 15.9 Å². The monoisotopic (exact) mass is 368 g/mol. The Morgan fingerprint density at radius 1 is 1.12 bits per heavy atom. The summed E-state index contributed by atoms with van der Waals surface area (Å²) >= 11 is 5.92. The number of nitrogens with zero attached hydrogens (tertiary/aromatic N) is 2. The topological polar surface area (TPSA) is 92.2 Å². The third-order valence-electron chi connectivity index (χ3n) is 4.01. The Morgan fingerprint density at radius 2 is 1.96 bits per heavy atom. The minimum Gasteiger partial charge on any atom is -0.497 e. The predicted molar refractivity (Wildman–Crippen MR) is 102 cm³/mol. The molecule has 0 unspecified atom stereocenters. The molecule has 0 saturated heterocycles. The van der Waals surface area contributed by atoms with Crippen molar-refractivity contribution in [2.24, 2.45) is 5.10 Å². The van der Waals surface area contributed by atoms with Crippen LogP contribution >= 0.6 is 11.6 Å². The average molecular weight is 369 g/mol. The van der Waals surface area contributed by atoms with E-state index in [9.17, 15) is 9.59 Å². The van der Waals surface area contributed by atoms with E-state index in [2.05, 4.69) is 15.1 Å². The van der Waals surface area contributed by atoms with Gasteiger partial charge in [-0.25, -0.2) is 4.79 Å². The molecule has 0 aliphatic rings. The standard InChI is InChI=1S/C18H13ClN4O3/c1-26-12-5-6-14-13(8-12)15-16(21-14)17(24)23(18(25)22-15)20-9-10-3-2-4-11(19)7-10/h2-9,21H,1H3,(H,22,25). The molecule has 26 heavy (non-hydrogen) atoms. The van der Waals surface area contributed by atoms with Crippen LogP contribution in [-0.2, 0) is 0 Å². The van der Waals surface area contributed by atoms with Gasteiger partial charge in [-0.1, -0.05) is 23.7 Å². The molecule has 0 fully saturated rings. The van der Waals surface area contributed by atoms with Crippen molar-refractivity contribution in [3.63, 3.8) is 0 Å². The molecule has 0 radical (unpaired) electrons. The number of aromatic amines is 2. The van der Waals surface area contributed by atoms with Crippen LogP contribution in [0.15, 0.2) is 57.2 Å². The second kappa shape index (κ2) is 6.20. The number of ether oxygens (including phenoxy) is 1. The Labute approximate surface area is 151 Å². The molecule has 2 heterocycles. The largest absolute Gasteiger partial charge is 0.497 e. The predicted octanol–water partition coefficient (Wildman–Crippen LogP) is 2.72. The minimum absolute atomic E-state index is 0.260. The molecule has 0 aliphatic heterocycles. The molecule has 130 valence electrons. The van der Waals surface area contributed by atoms with Crippen LogP contribution in [0.25, 0.3) is 21.9 Å². The SMILES string of the molecule is COc1ccc2[nH]c3c(=O)n(N=Cc4cccc(Cl)c4)c(=O)[nH]c3c2c1. The van der Waals surface area contributed by atoms with Crippen molar-refractivity contribution in [1.29, 1.82) is 0 Å². The molecule has 8 heteroatoms. The lowest BCUT2D eigenvalue weighted by Gasteiger charge is -1.99. The van der Waals surface area contributed by atoms with Gasteiger partial charge < -0.3 is 14.7 Å². The number of methoxy groups -OCH3 is 1. The van der Waals surface area contributed by atoms with Crippen molar-refractivity contribution >= 4 is 39.8 Å². The number of fused-ring (bicyclic) bond motifs is 3. The van der Waals surface area contributed by atoms with Gasteiger partial charge >= 0.3 is 11.2 Å². The Kier molecular flexibility index (Phi) is 3.85. The first-order valence-electron chi connectivity index (χ1n) is 7.71. The fourth-order valence-electron chi connectivity index (χ4n) is 2.76. The molecule has 2 aromatic heterocycles. The van der Waals surface area contributed by atoms with Gasteiger partial charge in [0.15, 0.2) is 0 Å². The number of rotatable bonds is 3. The van der Waals surface area contributed by atoms with E-state index >= 15 is 0 Å². The van der Waals surface area contributed by atoms with Crippen LogP contribution < -0.4 is 16.0 Å². The number of hydrogen-bond donors (Lipinski definition) is 2. The Balaban J connectivity index is 1.90. The summed E-state index contributed by atoms with van der Waals surface area (Å²) in [5.41, 5.74) is 0.885. The number of nitrogens with one attached hydrogen (secondary N) is 2. The number of H-pyrrole nitrogens is 2. The van der Waals surface area contributed by atoms with Crippen LogP contribution in [0.2, 0.25) is 5.02 Å². The third kappa shape index (κ3) is 2.68. The van der Waals surface area contributed by atoms with Gasteiger partial charge in [-0.05, 0) is 35.9 Å². The molecular weight excluding hydrogens is 356 g/mol. The fourth-order valence-corrected chi connectivity index (χ4v) is 2.96. The first-order valence-corrected chi connectivity index (χ1v) is 8.09. The molecule has 7 nitrogen and oxygen atoms in total. The fraction of sp³-hybridized carbons (Fsp3) is 0.0556. The molecule has 4 aromatic rings. The summed E-state index contributed by atoms with van der Waals surface area (Å²) in [6, 6.07) is 12.2. The summed E-state index contributed by atoms with van der Waals surface area (Å²) in [5, 5.41) is 5.23. The van der Waals surface area contributed by atoms with Crippen molar-refractivity contribution in [1.82, 2.24) is 14.6 Å². The van der Waals surface area contributed by atoms with Gasteiger partial charge in [0.2, 0.25) is 0 Å². The van der Waals surface area contributed by atoms with Crippen molar-refractivity contribution < 1.29 is 4.74 Å². The van der Waals surface area contributed by atoms with Crippen LogP contribution in [0.3, 0.4) is 0 Å². The second-order valence-electron chi connectivity index (χ2n) is 5.63. The first-order chi connectivity index (χ1) is 12.6. The van der Waals surface area contributed by atoms with Crippen molar-refractivity contribution in [3.05, 3.63) is 73.9 Å². The summed E-state index contributed by atoms with van der Waals surface area (Å²) in [6.07, 6.45) is 1.40. The van der Waals surface area contributed by atoms with Gasteiger partial charge in [0.05, 0.1) is 18.8 Å². The first kappa shape index (κ1) is 16.2. The van der Waals surface area contributed by atoms with Crippen molar-refractivity contribution in [2.45, 2.75) is 0 Å². The van der Waals surface area contributed by atoms with E-state index in [0.717, 1.165) is 4.68 Å². The molecule has 0 bridgehead atoms. The zero-order valence-electron chi connectivity index (χ0n) is 13.6. The maximum atomic E-state index is 12.7. The highest BCUT2D eigenvalue weighted by Crippen LogP contribution is 2.25. The molecule has 2 N–H and O–H groups in total. The lowest BCUT2D eigenvalue weighted by molar-refractivity contribution is 0.415. The highest BCUT2D eigenvalue weighted by atomic mass is 35.5. The van der Waals surface area contributed by atoms with E-state index in [1.807, 2.05) is 0 Å². The highest BCUT2D eigenvalue weighted by Gasteiger charge is 2.13. The van der Waals surface area contributed by atoms with Crippen molar-refractivity contribution in [2.75, 3.05) is 7.11 Å². The normalized spacial score (nSPS) is 11.6. The van der Waals surface area contributed by atoms with E-state index in [0.29, 0.717) is 32.8 Å². The number of aromatic nitrogens is 3. The van der Waals surface area contributed by atoms with Gasteiger partial charge in [0.1, 0.15) is 11.3 Å². The van der Waals surface area contributed by atoms with E-state index in [1.54, 1.807) is 49.6 Å². The molecular formula is C18H13ClN4O3. The third-order valence-corrected chi connectivity index (χ3v) is 4.24. The maximum Gasteiger partial charge on any atom is 0.350 e. The van der Waals surface area contributed by atoms with Gasteiger partial charge in [-0.3, -0.25) is 4.79 Å². The van der Waals surface area contributed by atoms with Gasteiger partial charge in [0.25, 0.3) is 0 Å². The summed E-state index contributed by atoms with van der Waals surface area (Å²) in [5.74, 6) is 0.627. The quantitative estimate of drug-likeness (QED) is 0.544. The molecule has 0 saturated carbocycles. The molecule has 4 rings (SSSR count). The Bertz CT molecular complexity index is 1280. The summed E-state index contributed by atoms with van der Waals surface area (Å²) < 4.78 is 5.97. The van der Waals surface area contributed by atoms with Crippen LogP contribution in [0, 0.1) is 0 Å². The van der Waals surface area contributed by atoms with Gasteiger partial charge in [-0.2, -0.15) is 5.10 Å². The van der Waals surface area contributed by atoms with Crippen LogP contribution in [0.5, 0.6) is 5.75 Å². The smallest absolute Gasteiger partial charge is 0.350 e. The number of halogens is 1. The van der Waals surface area contributed by atoms with Crippen LogP contribution in [0.1, 0.15) is 5.56 Å². The second-order valence-corrected chi connectivity index (χ2v) is 6.07. The summed E-state index contributed by atoms with van der Waals surface area (Å²) in [4.78, 5) is 30.8. The van der Waals surface area contributed by atoms with E-state index in [1.165, 1.54) is 6.21 Å². The number of hydrogen-bond acceptors (Lipinski definition) is 4. The molecule has 0 amide bonds. The van der Waals surface area contributed by atoms with E-state index in [-0.39, 0.29) is 5.52 Å². The van der Waals surface area contributed by atoms with E-state index in [4.69, 9.17) is 16.3 Å². The minimum atomic E-state index is -0.635. The molecule has 2 aromatic carbocycles. The summed E-state index contributed by atoms with van der Waals surface area (Å²) in [7, 11) is 1.55. The molecule has 0 aliphatic carbocycles. The lowest BCUT2D eigenvalue weighted by Crippen LogP contribution is -2.32. The zero-order valence-corrected chi connectivity index (χ0v) is 14.4. The Hall–Kier alpha value is -3.32. The lowest BCUT2D eigenvalue weighted by atomic mass is 10.2. The van der Waals surface area contributed by atoms with Crippen LogP contribution in [-0.4, -0.2) is 28.0 Å². The average Bonchev–Trinajstić information content (AvgIpc) is 2.99. The van der Waals surface area contributed by atoms with Gasteiger partial charge in [-0.15, -0.1) is 4.68 Å². The van der Waals surface area contributed by atoms with Crippen LogP contribution in [0.4, 0.5) is 0 Å². The molecule has 0 spiro atoms. The van der Waals surface area contributed by atoms with E-state index < -0.39 is 11.2 Å². The summed E-state index contributed by atoms with van der Waals surface area (Å²) in [6.45, 7) is 0. The number of benzene rings is 2. The Morgan fingerprint density at radius 3 is 2.73 bits per heavy atom. The molecule has 0 atom stereocenters. The highest BCUT2D eigenvalue weighted by molar-refractivity contribution is 6.30. The van der Waals surface area contributed by atoms with Crippen molar-refractivity contribution in [3.8, 4) is 5.75 Å². The maximum absolute atomic E-state index is 12.7.